The van der Waals surface area contributed by atoms with E-state index in [9.17, 15) is 13.2 Å². The average molecular weight is 358 g/mol. The van der Waals surface area contributed by atoms with Crippen LogP contribution < -0.4 is 14.8 Å². The van der Waals surface area contributed by atoms with Crippen molar-refractivity contribution in [3.63, 3.8) is 0 Å². The van der Waals surface area contributed by atoms with E-state index < -0.39 is 12.7 Å². The molecule has 4 nitrogen and oxygen atoms in total. The van der Waals surface area contributed by atoms with Gasteiger partial charge in [0, 0.05) is 6.04 Å². The predicted molar refractivity (Wildman–Crippen MR) is 88.8 cm³/mol. The fourth-order valence-corrected chi connectivity index (χ4v) is 3.49. The van der Waals surface area contributed by atoms with Gasteiger partial charge in [-0.1, -0.05) is 6.07 Å². The summed E-state index contributed by atoms with van der Waals surface area (Å²) in [4.78, 5) is 1.51. The summed E-state index contributed by atoms with van der Waals surface area (Å²) >= 11 is 0. The Labute approximate surface area is 146 Å². The number of ether oxygens (including phenoxy) is 2. The molecule has 2 aliphatic heterocycles. The van der Waals surface area contributed by atoms with Gasteiger partial charge < -0.3 is 14.8 Å². The van der Waals surface area contributed by atoms with Crippen LogP contribution in [-0.4, -0.2) is 44.0 Å². The van der Waals surface area contributed by atoms with Gasteiger partial charge in [0.1, 0.15) is 0 Å². The van der Waals surface area contributed by atoms with Gasteiger partial charge in [-0.2, -0.15) is 13.2 Å². The first kappa shape index (κ1) is 18.3. The molecule has 2 aliphatic rings. The van der Waals surface area contributed by atoms with Crippen LogP contribution in [0.15, 0.2) is 18.2 Å². The Kier molecular flexibility index (Phi) is 5.74. The number of nitrogens with one attached hydrogen (secondary N) is 1. The van der Waals surface area contributed by atoms with E-state index in [4.69, 9.17) is 9.47 Å². The molecule has 0 aliphatic carbocycles. The van der Waals surface area contributed by atoms with Crippen molar-refractivity contribution in [2.75, 3.05) is 33.0 Å². The van der Waals surface area contributed by atoms with Gasteiger partial charge in [0.15, 0.2) is 11.5 Å². The maximum Gasteiger partial charge on any atom is 0.401 e. The number of fused-ring (bicyclic) bond motifs is 1. The molecule has 1 fully saturated rings. The maximum absolute atomic E-state index is 12.4. The number of benzene rings is 1. The molecule has 1 unspecified atom stereocenters. The van der Waals surface area contributed by atoms with Gasteiger partial charge >= 0.3 is 6.18 Å². The van der Waals surface area contributed by atoms with Crippen LogP contribution in [0.2, 0.25) is 0 Å². The summed E-state index contributed by atoms with van der Waals surface area (Å²) in [5.41, 5.74) is 1.14. The lowest BCUT2D eigenvalue weighted by Crippen LogP contribution is -2.40. The number of hydrogen-bond acceptors (Lipinski definition) is 4. The van der Waals surface area contributed by atoms with Crippen molar-refractivity contribution in [2.24, 2.45) is 5.92 Å². The van der Waals surface area contributed by atoms with Crippen molar-refractivity contribution in [3.8, 4) is 11.5 Å². The summed E-state index contributed by atoms with van der Waals surface area (Å²) in [5, 5.41) is 3.50. The molecule has 1 aromatic carbocycles. The molecule has 25 heavy (non-hydrogen) atoms. The lowest BCUT2D eigenvalue weighted by atomic mass is 9.93. The predicted octanol–water partition coefficient (Wildman–Crippen LogP) is 3.73. The maximum atomic E-state index is 12.4. The molecule has 0 spiro atoms. The highest BCUT2D eigenvalue weighted by Crippen LogP contribution is 2.34. The van der Waals surface area contributed by atoms with Crippen LogP contribution in [0.25, 0.3) is 0 Å². The lowest BCUT2D eigenvalue weighted by molar-refractivity contribution is -0.148. The normalized spacial score (nSPS) is 20.0. The molecular weight excluding hydrogens is 333 g/mol. The highest BCUT2D eigenvalue weighted by Gasteiger charge is 2.32. The van der Waals surface area contributed by atoms with E-state index in [1.165, 1.54) is 4.90 Å². The second-order valence-corrected chi connectivity index (χ2v) is 6.91. The summed E-state index contributed by atoms with van der Waals surface area (Å²) < 4.78 is 47.9. The Balaban J connectivity index is 1.37. The summed E-state index contributed by atoms with van der Waals surface area (Å²) in [6.45, 7) is 3.54. The molecule has 0 amide bonds. The van der Waals surface area contributed by atoms with Gasteiger partial charge in [-0.25, -0.2) is 0 Å². The van der Waals surface area contributed by atoms with E-state index in [-0.39, 0.29) is 12.8 Å². The zero-order valence-corrected chi connectivity index (χ0v) is 14.4. The monoisotopic (exact) mass is 358 g/mol. The van der Waals surface area contributed by atoms with Crippen LogP contribution in [0, 0.1) is 5.92 Å². The Morgan fingerprint density at radius 3 is 2.64 bits per heavy atom. The lowest BCUT2D eigenvalue weighted by Gasteiger charge is -2.32. The Bertz CT molecular complexity index is 572. The minimum absolute atomic E-state index is 0.194. The SMILES string of the molecule is CC(NCCC1CCN(CC(F)(F)F)CC1)c1ccc2c(c1)OCO2. The number of hydrogen-bond donors (Lipinski definition) is 1. The van der Waals surface area contributed by atoms with Crippen LogP contribution >= 0.6 is 0 Å². The van der Waals surface area contributed by atoms with E-state index in [0.29, 0.717) is 19.0 Å². The molecule has 1 saturated heterocycles. The third-order valence-electron chi connectivity index (χ3n) is 5.01. The van der Waals surface area contributed by atoms with E-state index in [1.54, 1.807) is 0 Å². The smallest absolute Gasteiger partial charge is 0.401 e. The molecule has 1 aromatic rings. The van der Waals surface area contributed by atoms with E-state index in [1.807, 2.05) is 18.2 Å². The van der Waals surface area contributed by atoms with Crippen LogP contribution in [0.5, 0.6) is 11.5 Å². The summed E-state index contributed by atoms with van der Waals surface area (Å²) in [5.74, 6) is 2.06. The standard InChI is InChI=1S/C18H25F3N2O2/c1-13(15-2-3-16-17(10-15)25-12-24-16)22-7-4-14-5-8-23(9-6-14)11-18(19,20)21/h2-3,10,13-14,22H,4-9,11-12H2,1H3. The Morgan fingerprint density at radius 1 is 1.20 bits per heavy atom. The van der Waals surface area contributed by atoms with Crippen molar-refractivity contribution >= 4 is 0 Å². The fraction of sp³-hybridized carbons (Fsp3) is 0.667. The summed E-state index contributed by atoms with van der Waals surface area (Å²) in [6.07, 6.45) is -1.41. The van der Waals surface area contributed by atoms with Crippen molar-refractivity contribution < 1.29 is 22.6 Å². The highest BCUT2D eigenvalue weighted by molar-refractivity contribution is 5.45. The van der Waals surface area contributed by atoms with Crippen molar-refractivity contribution in [2.45, 2.75) is 38.4 Å². The minimum Gasteiger partial charge on any atom is -0.454 e. The van der Waals surface area contributed by atoms with E-state index in [2.05, 4.69) is 12.2 Å². The number of rotatable bonds is 6. The highest BCUT2D eigenvalue weighted by atomic mass is 19.4. The minimum atomic E-state index is -4.09. The van der Waals surface area contributed by atoms with Gasteiger partial charge in [0.2, 0.25) is 6.79 Å². The Morgan fingerprint density at radius 2 is 1.92 bits per heavy atom. The van der Waals surface area contributed by atoms with E-state index in [0.717, 1.165) is 42.9 Å². The molecule has 140 valence electrons. The molecule has 0 radical (unpaired) electrons. The second-order valence-electron chi connectivity index (χ2n) is 6.91. The van der Waals surface area contributed by atoms with Crippen molar-refractivity contribution in [1.82, 2.24) is 10.2 Å². The van der Waals surface area contributed by atoms with Crippen LogP contribution in [0.3, 0.4) is 0 Å². The van der Waals surface area contributed by atoms with Gasteiger partial charge in [-0.15, -0.1) is 0 Å². The summed E-state index contributed by atoms with van der Waals surface area (Å²) in [6, 6.07) is 6.14. The zero-order chi connectivity index (χ0) is 17.9. The molecule has 2 heterocycles. The van der Waals surface area contributed by atoms with Crippen LogP contribution in [0.1, 0.15) is 37.8 Å². The van der Waals surface area contributed by atoms with Gasteiger partial charge in [0.25, 0.3) is 0 Å². The van der Waals surface area contributed by atoms with Gasteiger partial charge in [-0.05, 0) is 69.4 Å². The summed E-state index contributed by atoms with van der Waals surface area (Å²) in [7, 11) is 0. The second kappa shape index (κ2) is 7.83. The number of halogens is 3. The van der Waals surface area contributed by atoms with Crippen LogP contribution in [-0.2, 0) is 0 Å². The molecule has 0 aromatic heterocycles. The topological polar surface area (TPSA) is 33.7 Å². The molecule has 1 atom stereocenters. The first-order chi connectivity index (χ1) is 11.9. The largest absolute Gasteiger partial charge is 0.454 e. The molecule has 0 saturated carbocycles. The number of likely N-dealkylation sites (tertiary alicyclic amines) is 1. The van der Waals surface area contributed by atoms with Crippen molar-refractivity contribution in [3.05, 3.63) is 23.8 Å². The molecule has 7 heteroatoms. The van der Waals surface area contributed by atoms with Crippen LogP contribution in [0.4, 0.5) is 13.2 Å². The number of nitrogens with zero attached hydrogens (tertiary/aromatic N) is 1. The molecule has 1 N–H and O–H groups in total. The van der Waals surface area contributed by atoms with Gasteiger partial charge in [-0.3, -0.25) is 4.90 Å². The molecule has 3 rings (SSSR count). The fourth-order valence-electron chi connectivity index (χ4n) is 3.49. The first-order valence-electron chi connectivity index (χ1n) is 8.83. The third kappa shape index (κ3) is 5.25. The molecule has 0 bridgehead atoms. The Hall–Kier alpha value is -1.47. The zero-order valence-electron chi connectivity index (χ0n) is 14.4. The molecular formula is C18H25F3N2O2. The number of piperidine rings is 1. The quantitative estimate of drug-likeness (QED) is 0.840. The first-order valence-corrected chi connectivity index (χ1v) is 8.83. The average Bonchev–Trinajstić information content (AvgIpc) is 3.02. The third-order valence-corrected chi connectivity index (χ3v) is 5.01. The van der Waals surface area contributed by atoms with Crippen molar-refractivity contribution in [1.29, 1.82) is 0 Å². The van der Waals surface area contributed by atoms with E-state index >= 15 is 0 Å². The number of alkyl halides is 3. The van der Waals surface area contributed by atoms with Gasteiger partial charge in [0.05, 0.1) is 6.54 Å².